The summed E-state index contributed by atoms with van der Waals surface area (Å²) >= 11 is 0. The van der Waals surface area contributed by atoms with E-state index in [9.17, 15) is 76.1 Å². The van der Waals surface area contributed by atoms with Gasteiger partial charge in [-0.05, 0) is 226 Å². The van der Waals surface area contributed by atoms with Crippen LogP contribution < -0.4 is 31.9 Å². The van der Waals surface area contributed by atoms with Crippen molar-refractivity contribution in [3.05, 3.63) is 156 Å². The zero-order valence-electron chi connectivity index (χ0n) is 59.6. The van der Waals surface area contributed by atoms with Crippen LogP contribution in [-0.2, 0) is 50.0 Å². The number of rotatable bonds is 21. The van der Waals surface area contributed by atoms with E-state index in [0.717, 1.165) is 44.2 Å². The van der Waals surface area contributed by atoms with Crippen molar-refractivity contribution in [1.82, 2.24) is 29.7 Å². The van der Waals surface area contributed by atoms with Crippen molar-refractivity contribution in [3.8, 4) is 0 Å². The highest BCUT2D eigenvalue weighted by Crippen LogP contribution is 2.38. The molecule has 6 amide bonds. The van der Waals surface area contributed by atoms with Crippen LogP contribution in [0.15, 0.2) is 54.6 Å². The lowest BCUT2D eigenvalue weighted by Crippen LogP contribution is -2.50. The number of aryl methyl sites for hydroxylation is 3. The maximum absolute atomic E-state index is 13.6. The molecule has 22 nitrogen and oxygen atoms in total. The molecular weight excluding hydrogens is 1290 g/mol. The van der Waals surface area contributed by atoms with E-state index in [-0.39, 0.29) is 94.7 Å². The summed E-state index contributed by atoms with van der Waals surface area (Å²) in [6.45, 7) is 25.2. The van der Waals surface area contributed by atoms with Crippen LogP contribution >= 0.6 is 0 Å². The first kappa shape index (κ1) is 77.7. The molecule has 25 heteroatoms. The fourth-order valence-corrected chi connectivity index (χ4v) is 13.2. The van der Waals surface area contributed by atoms with Crippen LogP contribution in [0.25, 0.3) is 0 Å². The molecule has 0 radical (unpaired) electrons. The molecule has 9 rings (SSSR count). The summed E-state index contributed by atoms with van der Waals surface area (Å²) in [4.78, 5) is 141. The van der Waals surface area contributed by atoms with Crippen molar-refractivity contribution in [2.45, 2.75) is 199 Å². The first-order valence-corrected chi connectivity index (χ1v) is 33.4. The molecule has 0 saturated heterocycles. The van der Waals surface area contributed by atoms with Crippen molar-refractivity contribution >= 4 is 81.4 Å². The second-order valence-electron chi connectivity index (χ2n) is 28.2. The van der Waals surface area contributed by atoms with Gasteiger partial charge in [0.1, 0.15) is 17.5 Å². The Kier molecular flexibility index (Phi) is 24.6. The van der Waals surface area contributed by atoms with E-state index in [1.54, 1.807) is 82.2 Å². The number of aromatic nitrogens is 3. The van der Waals surface area contributed by atoms with E-state index >= 15 is 0 Å². The number of aliphatic hydroxyl groups excluding tert-OH is 2. The van der Waals surface area contributed by atoms with E-state index < -0.39 is 75.5 Å². The van der Waals surface area contributed by atoms with Gasteiger partial charge in [0, 0.05) is 59.8 Å². The van der Waals surface area contributed by atoms with Crippen molar-refractivity contribution in [2.75, 3.05) is 29.2 Å². The molecule has 1 atom stereocenters. The van der Waals surface area contributed by atoms with Crippen molar-refractivity contribution in [2.24, 2.45) is 10.8 Å². The van der Waals surface area contributed by atoms with E-state index in [1.807, 2.05) is 4.57 Å². The van der Waals surface area contributed by atoms with Crippen LogP contribution in [0.1, 0.15) is 213 Å². The zero-order valence-corrected chi connectivity index (χ0v) is 59.6. The fraction of sp³-hybridized carbons (Fsp3) is 0.453. The molecular formula is C75H92F3N9O13. The number of benzene rings is 3. The third-order valence-electron chi connectivity index (χ3n) is 19.0. The van der Waals surface area contributed by atoms with Gasteiger partial charge in [0.05, 0.1) is 58.6 Å². The number of ketones is 5. The number of hydrogen-bond donors (Lipinski definition) is 8. The van der Waals surface area contributed by atoms with Gasteiger partial charge >= 0.3 is 0 Å². The Morgan fingerprint density at radius 2 is 0.950 bits per heavy atom. The van der Waals surface area contributed by atoms with Gasteiger partial charge in [-0.3, -0.25) is 52.7 Å². The molecule has 2 saturated carbocycles. The summed E-state index contributed by atoms with van der Waals surface area (Å²) in [5.74, 6) is -7.95. The quantitative estimate of drug-likeness (QED) is 0.0246. The highest BCUT2D eigenvalue weighted by atomic mass is 19.1. The molecule has 2 fully saturated rings. The maximum Gasteiger partial charge on any atom is 0.294 e. The van der Waals surface area contributed by atoms with Crippen LogP contribution in [0.4, 0.5) is 30.2 Å². The molecule has 2 aliphatic carbocycles. The molecule has 6 aromatic rings. The fourth-order valence-electron chi connectivity index (χ4n) is 13.2. The SMILES string of the molecule is CC(=O)C1(NC(=O)C(=O)c2c(C)c(C(=O)Nc3ccc(F)c(C)c3)c(C)n2CCO)CC1.CC(=O)[C@H](NC(=O)C(=O)c1c(C)c(C(=O)Nc2ccc(F)c(C)c2)c(C)n1CCO)C(C)(C)C.Cc1cc(NC(=O)c2c(C)c(C(=O)C(=O)NC3CCC(C)(C)CC3)n3c2CCCC3)ccc1F. The zero-order chi connectivity index (χ0) is 74.4. The Balaban J connectivity index is 0.000000211. The van der Waals surface area contributed by atoms with Gasteiger partial charge in [-0.15, -0.1) is 0 Å². The van der Waals surface area contributed by atoms with E-state index in [1.165, 1.54) is 71.5 Å². The Bertz CT molecular complexity index is 4270. The molecule has 100 heavy (non-hydrogen) atoms. The monoisotopic (exact) mass is 1380 g/mol. The highest BCUT2D eigenvalue weighted by Gasteiger charge is 2.50. The van der Waals surface area contributed by atoms with Gasteiger partial charge in [0.2, 0.25) is 0 Å². The third kappa shape index (κ3) is 17.5. The third-order valence-corrected chi connectivity index (χ3v) is 19.0. The number of halogens is 3. The topological polar surface area (TPSA) is 315 Å². The van der Waals surface area contributed by atoms with Crippen molar-refractivity contribution in [3.63, 3.8) is 0 Å². The Morgan fingerprint density at radius 3 is 1.33 bits per heavy atom. The van der Waals surface area contributed by atoms with Gasteiger partial charge < -0.3 is 55.8 Å². The molecule has 536 valence electrons. The van der Waals surface area contributed by atoms with E-state index in [2.05, 4.69) is 45.7 Å². The van der Waals surface area contributed by atoms with E-state index in [0.29, 0.717) is 87.8 Å². The molecule has 0 bridgehead atoms. The number of nitrogens with one attached hydrogen (secondary N) is 6. The van der Waals surface area contributed by atoms with Gasteiger partial charge in [0.15, 0.2) is 11.6 Å². The molecule has 0 unspecified atom stereocenters. The van der Waals surface area contributed by atoms with Gasteiger partial charge in [-0.25, -0.2) is 13.2 Å². The van der Waals surface area contributed by atoms with E-state index in [4.69, 9.17) is 0 Å². The standard InChI is InChI=1S/C27H34FN3O3.C25H32FN3O5.C23H26FN3O5/c1-16-15-19(8-9-20(16)28)30-25(33)22-17(2)23(31-14-6-5-7-21(22)31)24(32)26(34)29-18-10-12-27(3,4)13-11-18;1-13-12-17(8-9-18(13)26)27-23(33)19-14(2)20(29(10-11-30)15(19)3)21(32)24(34)28-22(16(4)31)25(5,6)7;1-12-11-16(5-6-17(12)24)25-21(31)18-13(2)19(27(9-10-28)14(18)3)20(30)22(32)26-23(7-8-23)15(4)29/h8-9,15,18H,5-7,10-14H2,1-4H3,(H,29,34)(H,30,33);8-9,12,22,30H,10-11H2,1-7H3,(H,27,33)(H,28,34);5-6,11,28H,7-10H2,1-4H3,(H,25,31)(H,26,32)/t;22-;/m.0./s1. The number of aliphatic hydroxyl groups is 2. The predicted octanol–water partition coefficient (Wildman–Crippen LogP) is 10.4. The average Bonchev–Trinajstić information content (AvgIpc) is 1.62. The average molecular weight is 1380 g/mol. The lowest BCUT2D eigenvalue weighted by molar-refractivity contribution is -0.126. The minimum absolute atomic E-state index is 0.00180. The molecule has 4 heterocycles. The predicted molar refractivity (Wildman–Crippen MR) is 371 cm³/mol. The molecule has 3 aliphatic rings. The van der Waals surface area contributed by atoms with Gasteiger partial charge in [-0.1, -0.05) is 34.6 Å². The summed E-state index contributed by atoms with van der Waals surface area (Å²) in [6, 6.07) is 11.8. The number of carbonyl (C=O) groups excluding carboxylic acids is 11. The summed E-state index contributed by atoms with van der Waals surface area (Å²) in [5.41, 5.74) is 4.75. The van der Waals surface area contributed by atoms with Crippen LogP contribution in [0.3, 0.4) is 0 Å². The molecule has 8 N–H and O–H groups in total. The Morgan fingerprint density at radius 1 is 0.550 bits per heavy atom. The highest BCUT2D eigenvalue weighted by molar-refractivity contribution is 6.44. The lowest BCUT2D eigenvalue weighted by atomic mass is 9.75. The summed E-state index contributed by atoms with van der Waals surface area (Å²) in [7, 11) is 0. The largest absolute Gasteiger partial charge is 0.395 e. The normalized spacial score (nSPS) is 14.7. The second-order valence-corrected chi connectivity index (χ2v) is 28.2. The summed E-state index contributed by atoms with van der Waals surface area (Å²) in [6.07, 6.45) is 7.17. The van der Waals surface area contributed by atoms with Crippen LogP contribution in [0.5, 0.6) is 0 Å². The number of Topliss-reactive ketones (excluding diaryl/α,β-unsaturated/α-hetero) is 5. The molecule has 0 spiro atoms. The molecule has 1 aliphatic heterocycles. The minimum atomic E-state index is -0.995. The van der Waals surface area contributed by atoms with Gasteiger partial charge in [0.25, 0.3) is 52.8 Å². The maximum atomic E-state index is 13.6. The smallest absolute Gasteiger partial charge is 0.294 e. The van der Waals surface area contributed by atoms with Crippen molar-refractivity contribution < 1.29 is 76.1 Å². The number of amides is 6. The first-order valence-electron chi connectivity index (χ1n) is 33.4. The Labute approximate surface area is 580 Å². The number of anilines is 3. The number of hydrogen-bond acceptors (Lipinski definition) is 13. The number of carbonyl (C=O) groups is 11. The van der Waals surface area contributed by atoms with Crippen LogP contribution in [-0.4, -0.2) is 119 Å². The first-order chi connectivity index (χ1) is 46.8. The van der Waals surface area contributed by atoms with Gasteiger partial charge in [-0.2, -0.15) is 0 Å². The summed E-state index contributed by atoms with van der Waals surface area (Å²) < 4.78 is 45.4. The van der Waals surface area contributed by atoms with Crippen molar-refractivity contribution in [1.29, 1.82) is 0 Å². The summed E-state index contributed by atoms with van der Waals surface area (Å²) in [5, 5.41) is 35.2. The van der Waals surface area contributed by atoms with Crippen LogP contribution in [0.2, 0.25) is 0 Å². The molecule has 3 aromatic carbocycles. The van der Waals surface area contributed by atoms with Crippen LogP contribution in [0, 0.1) is 83.7 Å². The Hall–Kier alpha value is -9.62. The number of fused-ring (bicyclic) bond motifs is 1. The second kappa shape index (κ2) is 31.7. The minimum Gasteiger partial charge on any atom is -0.395 e. The number of nitrogens with zero attached hydrogens (tertiary/aromatic N) is 3. The lowest BCUT2D eigenvalue weighted by Gasteiger charge is -2.34. The molecule has 3 aromatic heterocycles.